The van der Waals surface area contributed by atoms with Gasteiger partial charge in [0.2, 0.25) is 17.1 Å². The van der Waals surface area contributed by atoms with Crippen LogP contribution in [0, 0.1) is 6.92 Å². The number of nitrogens with zero attached hydrogens (tertiary/aromatic N) is 1. The van der Waals surface area contributed by atoms with Crippen LogP contribution in [-0.4, -0.2) is 39.7 Å². The topological polar surface area (TPSA) is 116 Å². The maximum atomic E-state index is 13.5. The summed E-state index contributed by atoms with van der Waals surface area (Å²) in [6, 6.07) is 14.0. The SMILES string of the molecule is COc1cc(C(CC(=O)N2CCc3c([nH]c4ccccc34)C2)c2oc(C)cc(=O)c2O)ccc1O. The molecular formula is C27H26N2O6. The van der Waals surface area contributed by atoms with Crippen molar-refractivity contribution in [2.24, 2.45) is 0 Å². The predicted octanol–water partition coefficient (Wildman–Crippen LogP) is 3.96. The molecule has 5 rings (SSSR count). The van der Waals surface area contributed by atoms with Crippen LogP contribution in [0.2, 0.25) is 0 Å². The second-order valence-electron chi connectivity index (χ2n) is 8.82. The zero-order valence-corrected chi connectivity index (χ0v) is 19.5. The maximum Gasteiger partial charge on any atom is 0.227 e. The summed E-state index contributed by atoms with van der Waals surface area (Å²) < 4.78 is 11.0. The molecule has 3 N–H and O–H groups in total. The minimum Gasteiger partial charge on any atom is -0.504 e. The Hall–Kier alpha value is -4.20. The maximum absolute atomic E-state index is 13.5. The molecule has 8 heteroatoms. The number of benzene rings is 2. The van der Waals surface area contributed by atoms with Gasteiger partial charge in [-0.15, -0.1) is 0 Å². The Bertz CT molecular complexity index is 1490. The van der Waals surface area contributed by atoms with Crippen molar-refractivity contribution >= 4 is 16.8 Å². The molecule has 3 heterocycles. The Labute approximate surface area is 201 Å². The van der Waals surface area contributed by atoms with Crippen molar-refractivity contribution in [2.75, 3.05) is 13.7 Å². The highest BCUT2D eigenvalue weighted by Gasteiger charge is 2.30. The van der Waals surface area contributed by atoms with Gasteiger partial charge < -0.3 is 29.3 Å². The molecule has 0 fully saturated rings. The Balaban J connectivity index is 1.49. The highest BCUT2D eigenvalue weighted by Crippen LogP contribution is 2.38. The first-order valence-electron chi connectivity index (χ1n) is 11.4. The lowest BCUT2D eigenvalue weighted by Gasteiger charge is -2.29. The number of aromatic hydroxyl groups is 2. The van der Waals surface area contributed by atoms with Crippen molar-refractivity contribution in [3.63, 3.8) is 0 Å². The number of carbonyl (C=O) groups excluding carboxylic acids is 1. The Morgan fingerprint density at radius 2 is 2.00 bits per heavy atom. The molecule has 0 spiro atoms. The van der Waals surface area contributed by atoms with E-state index in [9.17, 15) is 19.8 Å². The second-order valence-corrected chi connectivity index (χ2v) is 8.82. The van der Waals surface area contributed by atoms with Gasteiger partial charge in [-0.2, -0.15) is 0 Å². The van der Waals surface area contributed by atoms with Gasteiger partial charge in [-0.3, -0.25) is 9.59 Å². The van der Waals surface area contributed by atoms with Gasteiger partial charge in [0.25, 0.3) is 0 Å². The van der Waals surface area contributed by atoms with Gasteiger partial charge in [0, 0.05) is 35.6 Å². The van der Waals surface area contributed by atoms with E-state index in [-0.39, 0.29) is 29.6 Å². The number of phenolic OH excluding ortho intramolecular Hbond substituents is 1. The highest BCUT2D eigenvalue weighted by molar-refractivity contribution is 5.86. The zero-order valence-electron chi connectivity index (χ0n) is 19.5. The Kier molecular flexibility index (Phi) is 5.72. The standard InChI is InChI=1S/C27H26N2O6/c1-15-11-23(31)26(33)27(35-15)19(16-7-8-22(30)24(12-16)34-2)13-25(32)29-10-9-18-17-5-3-4-6-20(17)28-21(18)14-29/h3-8,11-12,19,28,30,33H,9-10,13-14H2,1-2H3. The van der Waals surface area contributed by atoms with E-state index in [0.717, 1.165) is 17.6 Å². The largest absolute Gasteiger partial charge is 0.504 e. The number of rotatable bonds is 5. The van der Waals surface area contributed by atoms with Crippen LogP contribution in [0.25, 0.3) is 10.9 Å². The molecule has 180 valence electrons. The molecule has 1 unspecified atom stereocenters. The van der Waals surface area contributed by atoms with Gasteiger partial charge >= 0.3 is 0 Å². The van der Waals surface area contributed by atoms with E-state index < -0.39 is 17.1 Å². The third-order valence-electron chi connectivity index (χ3n) is 6.61. The fourth-order valence-electron chi connectivity index (χ4n) is 4.84. The predicted molar refractivity (Wildman–Crippen MR) is 130 cm³/mol. The van der Waals surface area contributed by atoms with Crippen molar-refractivity contribution in [3.8, 4) is 17.2 Å². The van der Waals surface area contributed by atoms with Gasteiger partial charge in [0.05, 0.1) is 19.6 Å². The van der Waals surface area contributed by atoms with Crippen LogP contribution in [0.15, 0.2) is 57.7 Å². The summed E-state index contributed by atoms with van der Waals surface area (Å²) in [6.07, 6.45) is 0.691. The van der Waals surface area contributed by atoms with Gasteiger partial charge in [-0.25, -0.2) is 0 Å². The summed E-state index contributed by atoms with van der Waals surface area (Å²) in [5.74, 6) is -0.930. The molecule has 0 aliphatic carbocycles. The molecule has 1 aliphatic heterocycles. The van der Waals surface area contributed by atoms with E-state index in [4.69, 9.17) is 9.15 Å². The number of fused-ring (bicyclic) bond motifs is 3. The first-order chi connectivity index (χ1) is 16.9. The smallest absolute Gasteiger partial charge is 0.227 e. The molecule has 1 amide bonds. The summed E-state index contributed by atoms with van der Waals surface area (Å²) in [7, 11) is 1.43. The van der Waals surface area contributed by atoms with Gasteiger partial charge in [-0.05, 0) is 42.7 Å². The number of phenols is 1. The minimum atomic E-state index is -0.756. The van der Waals surface area contributed by atoms with Gasteiger partial charge in [-0.1, -0.05) is 24.3 Å². The summed E-state index contributed by atoms with van der Waals surface area (Å²) in [5.41, 5.74) is 3.28. The minimum absolute atomic E-state index is 0.0133. The van der Waals surface area contributed by atoms with E-state index in [1.54, 1.807) is 24.0 Å². The lowest BCUT2D eigenvalue weighted by Crippen LogP contribution is -2.36. The monoisotopic (exact) mass is 474 g/mol. The number of para-hydroxylation sites is 1. The molecule has 0 radical (unpaired) electrons. The first-order valence-corrected chi connectivity index (χ1v) is 11.4. The molecule has 2 aromatic heterocycles. The van der Waals surface area contributed by atoms with Crippen LogP contribution in [-0.2, 0) is 17.8 Å². The Morgan fingerprint density at radius 3 is 2.80 bits per heavy atom. The van der Waals surface area contributed by atoms with Gasteiger partial charge in [0.15, 0.2) is 17.3 Å². The number of nitrogens with one attached hydrogen (secondary N) is 1. The second kappa shape index (κ2) is 8.87. The van der Waals surface area contributed by atoms with Crippen molar-refractivity contribution < 1.29 is 24.2 Å². The normalized spacial score (nSPS) is 14.1. The number of ether oxygens (including phenoxy) is 1. The number of carbonyl (C=O) groups is 1. The fraction of sp³-hybridized carbons (Fsp3) is 0.259. The third-order valence-corrected chi connectivity index (χ3v) is 6.61. The number of hydrogen-bond acceptors (Lipinski definition) is 6. The highest BCUT2D eigenvalue weighted by atomic mass is 16.5. The number of H-pyrrole nitrogens is 1. The van der Waals surface area contributed by atoms with E-state index in [1.165, 1.54) is 30.2 Å². The molecule has 0 saturated heterocycles. The number of aromatic amines is 1. The number of aryl methyl sites for hydroxylation is 1. The molecule has 1 aliphatic rings. The van der Waals surface area contributed by atoms with Crippen molar-refractivity contribution in [3.05, 3.63) is 87.1 Å². The van der Waals surface area contributed by atoms with Gasteiger partial charge in [0.1, 0.15) is 5.76 Å². The van der Waals surface area contributed by atoms with E-state index >= 15 is 0 Å². The van der Waals surface area contributed by atoms with Crippen LogP contribution >= 0.6 is 0 Å². The van der Waals surface area contributed by atoms with Crippen LogP contribution in [0.5, 0.6) is 17.2 Å². The molecular weight excluding hydrogens is 448 g/mol. The molecule has 0 saturated carbocycles. The summed E-state index contributed by atoms with van der Waals surface area (Å²) in [4.78, 5) is 31.0. The molecule has 35 heavy (non-hydrogen) atoms. The first kappa shape index (κ1) is 22.6. The summed E-state index contributed by atoms with van der Waals surface area (Å²) in [6.45, 7) is 2.62. The number of hydrogen-bond donors (Lipinski definition) is 3. The third kappa shape index (κ3) is 4.12. The average Bonchev–Trinajstić information content (AvgIpc) is 3.23. The van der Waals surface area contributed by atoms with Crippen LogP contribution in [0.1, 0.15) is 40.7 Å². The van der Waals surface area contributed by atoms with E-state index in [2.05, 4.69) is 11.1 Å². The summed E-state index contributed by atoms with van der Waals surface area (Å²) in [5, 5.41) is 21.8. The van der Waals surface area contributed by atoms with Crippen molar-refractivity contribution in [1.29, 1.82) is 0 Å². The average molecular weight is 475 g/mol. The van der Waals surface area contributed by atoms with Crippen LogP contribution < -0.4 is 10.2 Å². The van der Waals surface area contributed by atoms with E-state index in [1.807, 2.05) is 18.2 Å². The van der Waals surface area contributed by atoms with Crippen molar-refractivity contribution in [1.82, 2.24) is 9.88 Å². The van der Waals surface area contributed by atoms with Crippen molar-refractivity contribution in [2.45, 2.75) is 32.2 Å². The molecule has 0 bridgehead atoms. The number of aromatic nitrogens is 1. The molecule has 8 nitrogen and oxygen atoms in total. The lowest BCUT2D eigenvalue weighted by atomic mass is 9.90. The quantitative estimate of drug-likeness (QED) is 0.403. The molecule has 2 aromatic carbocycles. The van der Waals surface area contributed by atoms with Crippen LogP contribution in [0.4, 0.5) is 0 Å². The van der Waals surface area contributed by atoms with Crippen LogP contribution in [0.3, 0.4) is 0 Å². The Morgan fingerprint density at radius 1 is 1.20 bits per heavy atom. The molecule has 1 atom stereocenters. The fourth-order valence-corrected chi connectivity index (χ4v) is 4.84. The molecule has 4 aromatic rings. The lowest BCUT2D eigenvalue weighted by molar-refractivity contribution is -0.132. The summed E-state index contributed by atoms with van der Waals surface area (Å²) >= 11 is 0. The zero-order chi connectivity index (χ0) is 24.7. The number of methoxy groups -OCH3 is 1. The van der Waals surface area contributed by atoms with E-state index in [0.29, 0.717) is 24.4 Å². The number of amides is 1.